The highest BCUT2D eigenvalue weighted by molar-refractivity contribution is 5.79. The van der Waals surface area contributed by atoms with E-state index in [2.05, 4.69) is 28.8 Å². The number of carbonyl (C=O) groups is 2. The van der Waals surface area contributed by atoms with E-state index in [4.69, 9.17) is 0 Å². The molecule has 2 aliphatic heterocycles. The average Bonchev–Trinajstić information content (AvgIpc) is 2.73. The van der Waals surface area contributed by atoms with Gasteiger partial charge in [-0.25, -0.2) is 0 Å². The lowest BCUT2D eigenvalue weighted by molar-refractivity contribution is -0.274. The Morgan fingerprint density at radius 1 is 1.00 bits per heavy atom. The lowest BCUT2D eigenvalue weighted by Gasteiger charge is -2.38. The number of piperazine rings is 1. The van der Waals surface area contributed by atoms with Crippen molar-refractivity contribution in [3.05, 3.63) is 29.8 Å². The zero-order chi connectivity index (χ0) is 24.0. The summed E-state index contributed by atoms with van der Waals surface area (Å²) in [6, 6.07) is 5.75. The summed E-state index contributed by atoms with van der Waals surface area (Å²) in [4.78, 5) is 31.1. The molecule has 0 unspecified atom stereocenters. The van der Waals surface area contributed by atoms with Crippen LogP contribution in [0.25, 0.3) is 0 Å². The van der Waals surface area contributed by atoms with Crippen molar-refractivity contribution in [3.63, 3.8) is 0 Å². The number of nitrogens with zero attached hydrogens (tertiary/aromatic N) is 3. The monoisotopic (exact) mass is 470 g/mol. The van der Waals surface area contributed by atoms with E-state index in [-0.39, 0.29) is 36.2 Å². The zero-order valence-corrected chi connectivity index (χ0v) is 19.2. The van der Waals surface area contributed by atoms with Gasteiger partial charge in [-0.3, -0.25) is 19.4 Å². The van der Waals surface area contributed by atoms with Crippen LogP contribution in [-0.4, -0.2) is 85.2 Å². The molecular formula is C23H33F3N4O3. The Morgan fingerprint density at radius 3 is 2.18 bits per heavy atom. The Morgan fingerprint density at radius 2 is 1.58 bits per heavy atom. The van der Waals surface area contributed by atoms with Crippen LogP contribution in [0.4, 0.5) is 13.2 Å². The number of benzene rings is 1. The van der Waals surface area contributed by atoms with Crippen molar-refractivity contribution in [1.82, 2.24) is 20.0 Å². The van der Waals surface area contributed by atoms with E-state index in [1.807, 2.05) is 9.80 Å². The van der Waals surface area contributed by atoms with Crippen molar-refractivity contribution in [3.8, 4) is 5.75 Å². The van der Waals surface area contributed by atoms with E-state index in [0.717, 1.165) is 19.5 Å². The number of hydrogen-bond acceptors (Lipinski definition) is 5. The van der Waals surface area contributed by atoms with Gasteiger partial charge in [-0.2, -0.15) is 0 Å². The third-order valence-electron chi connectivity index (χ3n) is 6.09. The van der Waals surface area contributed by atoms with E-state index in [1.54, 1.807) is 6.07 Å². The first-order chi connectivity index (χ1) is 15.6. The summed E-state index contributed by atoms with van der Waals surface area (Å²) in [6.07, 6.45) is -3.63. The molecule has 0 radical (unpaired) electrons. The fraction of sp³-hybridized carbons (Fsp3) is 0.652. The van der Waals surface area contributed by atoms with Crippen molar-refractivity contribution < 1.29 is 27.5 Å². The second-order valence-corrected chi connectivity index (χ2v) is 9.23. The van der Waals surface area contributed by atoms with Gasteiger partial charge in [0.1, 0.15) is 5.75 Å². The van der Waals surface area contributed by atoms with Gasteiger partial charge in [0.15, 0.2) is 0 Å². The topological polar surface area (TPSA) is 65.1 Å². The van der Waals surface area contributed by atoms with Crippen molar-refractivity contribution >= 4 is 11.8 Å². The molecule has 0 spiro atoms. The SMILES string of the molecule is C[C@H]1C[C@H](C)CN(C(=O)CN2CCN(CC(=O)NCc3ccccc3OC(F)(F)F)CC2)C1. The minimum atomic E-state index is -4.79. The van der Waals surface area contributed by atoms with Gasteiger partial charge < -0.3 is 15.0 Å². The Labute approximate surface area is 192 Å². The summed E-state index contributed by atoms with van der Waals surface area (Å²) >= 11 is 0. The molecule has 184 valence electrons. The fourth-order valence-corrected chi connectivity index (χ4v) is 4.59. The molecule has 0 saturated carbocycles. The molecular weight excluding hydrogens is 437 g/mol. The van der Waals surface area contributed by atoms with Gasteiger partial charge in [0.05, 0.1) is 13.1 Å². The highest BCUT2D eigenvalue weighted by Crippen LogP contribution is 2.26. The van der Waals surface area contributed by atoms with Crippen molar-refractivity contribution in [2.45, 2.75) is 33.2 Å². The molecule has 0 aromatic heterocycles. The van der Waals surface area contributed by atoms with Crippen LogP contribution < -0.4 is 10.1 Å². The number of halogens is 3. The van der Waals surface area contributed by atoms with E-state index < -0.39 is 6.36 Å². The fourth-order valence-electron chi connectivity index (χ4n) is 4.59. The minimum Gasteiger partial charge on any atom is -0.405 e. The first kappa shape index (κ1) is 25.3. The van der Waals surface area contributed by atoms with Crippen molar-refractivity contribution in [2.24, 2.45) is 11.8 Å². The van der Waals surface area contributed by atoms with Crippen LogP contribution in [0.2, 0.25) is 0 Å². The lowest BCUT2D eigenvalue weighted by Crippen LogP contribution is -2.53. The molecule has 2 atom stereocenters. The number of nitrogens with one attached hydrogen (secondary N) is 1. The molecule has 1 aromatic carbocycles. The predicted octanol–water partition coefficient (Wildman–Crippen LogP) is 2.32. The van der Waals surface area contributed by atoms with Crippen LogP contribution in [0, 0.1) is 11.8 Å². The number of carbonyl (C=O) groups excluding carboxylic acids is 2. The van der Waals surface area contributed by atoms with Crippen LogP contribution in [0.15, 0.2) is 24.3 Å². The molecule has 1 N–H and O–H groups in total. The highest BCUT2D eigenvalue weighted by atomic mass is 19.4. The van der Waals surface area contributed by atoms with E-state index in [0.29, 0.717) is 44.6 Å². The largest absolute Gasteiger partial charge is 0.573 e. The molecule has 1 aromatic rings. The molecule has 2 aliphatic rings. The van der Waals surface area contributed by atoms with Gasteiger partial charge in [-0.05, 0) is 24.3 Å². The number of hydrogen-bond donors (Lipinski definition) is 1. The maximum atomic E-state index is 12.7. The summed E-state index contributed by atoms with van der Waals surface area (Å²) in [5, 5.41) is 2.66. The van der Waals surface area contributed by atoms with Crippen molar-refractivity contribution in [1.29, 1.82) is 0 Å². The van der Waals surface area contributed by atoms with E-state index in [9.17, 15) is 22.8 Å². The number of alkyl halides is 3. The minimum absolute atomic E-state index is 0.0494. The molecule has 0 aliphatic carbocycles. The van der Waals surface area contributed by atoms with Gasteiger partial charge in [-0.1, -0.05) is 32.0 Å². The average molecular weight is 471 g/mol. The maximum absolute atomic E-state index is 12.7. The summed E-state index contributed by atoms with van der Waals surface area (Å²) in [5.74, 6) is 0.637. The summed E-state index contributed by atoms with van der Waals surface area (Å²) < 4.78 is 41.6. The van der Waals surface area contributed by atoms with Gasteiger partial charge in [0.2, 0.25) is 11.8 Å². The molecule has 0 bridgehead atoms. The predicted molar refractivity (Wildman–Crippen MR) is 117 cm³/mol. The molecule has 2 saturated heterocycles. The molecule has 7 nitrogen and oxygen atoms in total. The summed E-state index contributed by atoms with van der Waals surface area (Å²) in [5.41, 5.74) is 0.257. The second-order valence-electron chi connectivity index (χ2n) is 9.23. The number of piperidine rings is 1. The van der Waals surface area contributed by atoms with Gasteiger partial charge in [0.25, 0.3) is 0 Å². The highest BCUT2D eigenvalue weighted by Gasteiger charge is 2.32. The number of ether oxygens (including phenoxy) is 1. The Hall–Kier alpha value is -2.33. The first-order valence-electron chi connectivity index (χ1n) is 11.4. The normalized spacial score (nSPS) is 22.8. The van der Waals surface area contributed by atoms with Crippen LogP contribution in [0.1, 0.15) is 25.8 Å². The standard InChI is InChI=1S/C23H33F3N4O3/c1-17-11-18(2)14-30(13-17)22(32)16-29-9-7-28(8-10-29)15-21(31)27-12-19-5-3-4-6-20(19)33-23(24,25)26/h3-6,17-18H,7-16H2,1-2H3,(H,27,31)/t17-,18-/m0/s1. The van der Waals surface area contributed by atoms with Gasteiger partial charge in [0, 0.05) is 51.4 Å². The van der Waals surface area contributed by atoms with Crippen LogP contribution >= 0.6 is 0 Å². The Balaban J connectivity index is 1.39. The molecule has 2 heterocycles. The van der Waals surface area contributed by atoms with Crippen molar-refractivity contribution in [2.75, 3.05) is 52.4 Å². The lowest BCUT2D eigenvalue weighted by atomic mass is 9.92. The molecule has 10 heteroatoms. The van der Waals surface area contributed by atoms with Gasteiger partial charge in [-0.15, -0.1) is 13.2 Å². The third kappa shape index (κ3) is 8.19. The number of likely N-dealkylation sites (tertiary alicyclic amines) is 1. The third-order valence-corrected chi connectivity index (χ3v) is 6.09. The quantitative estimate of drug-likeness (QED) is 0.663. The maximum Gasteiger partial charge on any atom is 0.573 e. The molecule has 3 rings (SSSR count). The Kier molecular flexibility index (Phi) is 8.58. The molecule has 33 heavy (non-hydrogen) atoms. The number of rotatable bonds is 7. The second kappa shape index (κ2) is 11.2. The van der Waals surface area contributed by atoms with E-state index >= 15 is 0 Å². The summed E-state index contributed by atoms with van der Waals surface area (Å²) in [6.45, 7) is 9.21. The van der Waals surface area contributed by atoms with Gasteiger partial charge >= 0.3 is 6.36 Å². The molecule has 2 fully saturated rings. The van der Waals surface area contributed by atoms with E-state index in [1.165, 1.54) is 18.2 Å². The number of amides is 2. The first-order valence-corrected chi connectivity index (χ1v) is 11.4. The zero-order valence-electron chi connectivity index (χ0n) is 19.2. The smallest absolute Gasteiger partial charge is 0.405 e. The molecule has 2 amide bonds. The number of para-hydroxylation sites is 1. The van der Waals surface area contributed by atoms with Crippen LogP contribution in [0.3, 0.4) is 0 Å². The van der Waals surface area contributed by atoms with Crippen LogP contribution in [-0.2, 0) is 16.1 Å². The summed E-state index contributed by atoms with van der Waals surface area (Å²) in [7, 11) is 0. The van der Waals surface area contributed by atoms with Crippen LogP contribution in [0.5, 0.6) is 5.75 Å². The Bertz CT molecular complexity index is 802.